The van der Waals surface area contributed by atoms with Crippen LogP contribution in [0.2, 0.25) is 0 Å². The van der Waals surface area contributed by atoms with E-state index in [4.69, 9.17) is 0 Å². The third kappa shape index (κ3) is 4.49. The molecule has 126 valence electrons. The van der Waals surface area contributed by atoms with Crippen molar-refractivity contribution < 1.29 is 4.92 Å². The second-order valence-electron chi connectivity index (χ2n) is 5.76. The summed E-state index contributed by atoms with van der Waals surface area (Å²) >= 11 is 0. The first-order chi connectivity index (χ1) is 12.2. The van der Waals surface area contributed by atoms with Crippen LogP contribution in [-0.2, 0) is 6.42 Å². The number of hydrogen-bond donors (Lipinski definition) is 1. The van der Waals surface area contributed by atoms with Gasteiger partial charge in [-0.3, -0.25) is 15.1 Å². The molecule has 5 nitrogen and oxygen atoms in total. The van der Waals surface area contributed by atoms with Crippen LogP contribution >= 0.6 is 0 Å². The SMILES string of the molecule is O=[N+]([O-])c1cccc([C@H](NCCc2ccccc2)c2ccncc2)c1. The molecule has 3 rings (SSSR count). The van der Waals surface area contributed by atoms with Crippen molar-refractivity contribution >= 4 is 5.69 Å². The Hall–Kier alpha value is -3.05. The second-order valence-corrected chi connectivity index (χ2v) is 5.76. The molecule has 1 atom stereocenters. The quantitative estimate of drug-likeness (QED) is 0.526. The molecule has 0 aliphatic heterocycles. The standard InChI is InChI=1S/C20H19N3O2/c24-23(25)19-8-4-7-18(15-19)20(17-10-12-21-13-11-17)22-14-9-16-5-2-1-3-6-16/h1-8,10-13,15,20,22H,9,14H2/t20-/m1/s1. The van der Waals surface area contributed by atoms with Crippen LogP contribution in [0.15, 0.2) is 79.1 Å². The summed E-state index contributed by atoms with van der Waals surface area (Å²) in [6.07, 6.45) is 4.36. The van der Waals surface area contributed by atoms with Crippen molar-refractivity contribution in [1.82, 2.24) is 10.3 Å². The molecule has 25 heavy (non-hydrogen) atoms. The Morgan fingerprint density at radius 2 is 1.72 bits per heavy atom. The van der Waals surface area contributed by atoms with Crippen LogP contribution in [0.4, 0.5) is 5.69 Å². The first kappa shape index (κ1) is 16.8. The van der Waals surface area contributed by atoms with Crippen LogP contribution in [0.25, 0.3) is 0 Å². The number of nitrogens with one attached hydrogen (secondary N) is 1. The summed E-state index contributed by atoms with van der Waals surface area (Å²) in [7, 11) is 0. The van der Waals surface area contributed by atoms with Gasteiger partial charge in [0, 0.05) is 31.1 Å². The summed E-state index contributed by atoms with van der Waals surface area (Å²) in [6.45, 7) is 0.764. The van der Waals surface area contributed by atoms with E-state index >= 15 is 0 Å². The second kappa shape index (κ2) is 8.17. The number of rotatable bonds is 7. The Balaban J connectivity index is 1.81. The van der Waals surface area contributed by atoms with Crippen LogP contribution in [0, 0.1) is 10.1 Å². The van der Waals surface area contributed by atoms with Gasteiger partial charge in [0.1, 0.15) is 0 Å². The number of benzene rings is 2. The van der Waals surface area contributed by atoms with Gasteiger partial charge in [0.2, 0.25) is 0 Å². The average molecular weight is 333 g/mol. The monoisotopic (exact) mass is 333 g/mol. The van der Waals surface area contributed by atoms with Gasteiger partial charge in [0.05, 0.1) is 11.0 Å². The predicted molar refractivity (Wildman–Crippen MR) is 97.3 cm³/mol. The first-order valence-electron chi connectivity index (χ1n) is 8.15. The zero-order valence-electron chi connectivity index (χ0n) is 13.7. The van der Waals surface area contributed by atoms with Crippen molar-refractivity contribution in [2.24, 2.45) is 0 Å². The highest BCUT2D eigenvalue weighted by Gasteiger charge is 2.16. The molecule has 0 radical (unpaired) electrons. The number of aromatic nitrogens is 1. The number of nitro benzene ring substituents is 1. The van der Waals surface area contributed by atoms with Crippen LogP contribution in [0.1, 0.15) is 22.7 Å². The van der Waals surface area contributed by atoms with Crippen molar-refractivity contribution in [1.29, 1.82) is 0 Å². The summed E-state index contributed by atoms with van der Waals surface area (Å²) in [5.41, 5.74) is 3.25. The average Bonchev–Trinajstić information content (AvgIpc) is 2.67. The van der Waals surface area contributed by atoms with Gasteiger partial charge >= 0.3 is 0 Å². The van der Waals surface area contributed by atoms with Gasteiger partial charge in [0.25, 0.3) is 5.69 Å². The molecule has 0 unspecified atom stereocenters. The fourth-order valence-corrected chi connectivity index (χ4v) is 2.81. The van der Waals surface area contributed by atoms with E-state index in [-0.39, 0.29) is 16.7 Å². The van der Waals surface area contributed by atoms with E-state index in [2.05, 4.69) is 22.4 Å². The fraction of sp³-hybridized carbons (Fsp3) is 0.150. The number of nitrogens with zero attached hydrogens (tertiary/aromatic N) is 2. The predicted octanol–water partition coefficient (Wildman–Crippen LogP) is 3.91. The van der Waals surface area contributed by atoms with E-state index in [1.807, 2.05) is 36.4 Å². The van der Waals surface area contributed by atoms with Gasteiger partial charge in [-0.15, -0.1) is 0 Å². The molecule has 0 aliphatic rings. The van der Waals surface area contributed by atoms with E-state index in [0.717, 1.165) is 24.1 Å². The van der Waals surface area contributed by atoms with Crippen LogP contribution in [0.3, 0.4) is 0 Å². The lowest BCUT2D eigenvalue weighted by molar-refractivity contribution is -0.384. The Bertz CT molecular complexity index is 823. The van der Waals surface area contributed by atoms with Crippen LogP contribution in [-0.4, -0.2) is 16.5 Å². The lowest BCUT2D eigenvalue weighted by Gasteiger charge is -2.19. The Morgan fingerprint density at radius 1 is 0.960 bits per heavy atom. The van der Waals surface area contributed by atoms with E-state index in [0.29, 0.717) is 0 Å². The van der Waals surface area contributed by atoms with Gasteiger partial charge in [-0.2, -0.15) is 0 Å². The molecule has 1 N–H and O–H groups in total. The van der Waals surface area contributed by atoms with E-state index in [9.17, 15) is 10.1 Å². The highest BCUT2D eigenvalue weighted by molar-refractivity contribution is 5.39. The molecule has 0 saturated heterocycles. The van der Waals surface area contributed by atoms with Crippen molar-refractivity contribution in [2.75, 3.05) is 6.54 Å². The molecule has 0 aliphatic carbocycles. The number of nitro groups is 1. The van der Waals surface area contributed by atoms with Gasteiger partial charge in [-0.25, -0.2) is 0 Å². The molecule has 0 spiro atoms. The molecular formula is C20H19N3O2. The summed E-state index contributed by atoms with van der Waals surface area (Å²) in [6, 6.07) is 20.7. The largest absolute Gasteiger partial charge is 0.306 e. The van der Waals surface area contributed by atoms with E-state index in [1.54, 1.807) is 24.5 Å². The highest BCUT2D eigenvalue weighted by atomic mass is 16.6. The normalized spacial score (nSPS) is 11.8. The smallest absolute Gasteiger partial charge is 0.269 e. The number of non-ortho nitro benzene ring substituents is 1. The zero-order chi connectivity index (χ0) is 17.5. The molecule has 5 heteroatoms. The topological polar surface area (TPSA) is 68.1 Å². The molecule has 0 fully saturated rings. The van der Waals surface area contributed by atoms with Crippen LogP contribution < -0.4 is 5.32 Å². The third-order valence-corrected chi connectivity index (χ3v) is 4.06. The maximum absolute atomic E-state index is 11.1. The number of pyridine rings is 1. The maximum Gasteiger partial charge on any atom is 0.269 e. The van der Waals surface area contributed by atoms with Gasteiger partial charge in [-0.05, 0) is 35.2 Å². The molecule has 0 saturated carbocycles. The zero-order valence-corrected chi connectivity index (χ0v) is 13.7. The molecule has 1 aromatic heterocycles. The lowest BCUT2D eigenvalue weighted by atomic mass is 9.99. The molecule has 2 aromatic carbocycles. The van der Waals surface area contributed by atoms with E-state index in [1.165, 1.54) is 11.6 Å². The third-order valence-electron chi connectivity index (χ3n) is 4.06. The Labute approximate surface area is 146 Å². The fourth-order valence-electron chi connectivity index (χ4n) is 2.81. The molecule has 0 bridgehead atoms. The Kier molecular flexibility index (Phi) is 5.49. The maximum atomic E-state index is 11.1. The molecule has 3 aromatic rings. The van der Waals surface area contributed by atoms with Crippen LogP contribution in [0.5, 0.6) is 0 Å². The molecular weight excluding hydrogens is 314 g/mol. The summed E-state index contributed by atoms with van der Waals surface area (Å²) < 4.78 is 0. The molecule has 1 heterocycles. The summed E-state index contributed by atoms with van der Waals surface area (Å²) in [5, 5.41) is 14.6. The lowest BCUT2D eigenvalue weighted by Crippen LogP contribution is -2.24. The highest BCUT2D eigenvalue weighted by Crippen LogP contribution is 2.25. The minimum Gasteiger partial charge on any atom is -0.306 e. The van der Waals surface area contributed by atoms with Gasteiger partial charge in [0.15, 0.2) is 0 Å². The van der Waals surface area contributed by atoms with Gasteiger partial charge in [-0.1, -0.05) is 42.5 Å². The Morgan fingerprint density at radius 3 is 2.44 bits per heavy atom. The number of hydrogen-bond acceptors (Lipinski definition) is 4. The van der Waals surface area contributed by atoms with Crippen molar-refractivity contribution in [3.63, 3.8) is 0 Å². The van der Waals surface area contributed by atoms with Crippen molar-refractivity contribution in [3.05, 3.63) is 106 Å². The molecule has 0 amide bonds. The van der Waals surface area contributed by atoms with E-state index < -0.39 is 0 Å². The summed E-state index contributed by atoms with van der Waals surface area (Å²) in [4.78, 5) is 14.8. The summed E-state index contributed by atoms with van der Waals surface area (Å²) in [5.74, 6) is 0. The van der Waals surface area contributed by atoms with Crippen molar-refractivity contribution in [3.8, 4) is 0 Å². The minimum absolute atomic E-state index is 0.0985. The first-order valence-corrected chi connectivity index (χ1v) is 8.15. The van der Waals surface area contributed by atoms with Crippen molar-refractivity contribution in [2.45, 2.75) is 12.5 Å². The minimum atomic E-state index is -0.364. The van der Waals surface area contributed by atoms with Gasteiger partial charge < -0.3 is 5.32 Å².